The summed E-state index contributed by atoms with van der Waals surface area (Å²) in [5, 5.41) is 26.5. The minimum absolute atomic E-state index is 0.383. The zero-order valence-corrected chi connectivity index (χ0v) is 6.81. The molecule has 1 heterocycles. The van der Waals surface area contributed by atoms with Crippen molar-refractivity contribution in [1.29, 1.82) is 0 Å². The lowest BCUT2D eigenvalue weighted by Gasteiger charge is -2.14. The molecule has 0 spiro atoms. The van der Waals surface area contributed by atoms with Crippen LogP contribution in [-0.4, -0.2) is 32.3 Å². The molecule has 0 aliphatic rings. The van der Waals surface area contributed by atoms with Crippen LogP contribution in [0.2, 0.25) is 0 Å². The topological polar surface area (TPSA) is 103 Å². The molecule has 4 N–H and O–H groups in total. The number of carbonyl (C=O) groups excluding carboxylic acids is 1. The zero-order valence-electron chi connectivity index (χ0n) is 6.81. The van der Waals surface area contributed by atoms with Crippen LogP contribution in [0, 0.1) is 5.95 Å². The minimum atomic E-state index is -3.34. The van der Waals surface area contributed by atoms with E-state index in [-0.39, 0.29) is 5.69 Å². The third kappa shape index (κ3) is 3.05. The number of hydrogen-bond acceptors (Lipinski definition) is 5. The van der Waals surface area contributed by atoms with Crippen LogP contribution in [0.3, 0.4) is 0 Å². The maximum Gasteiger partial charge on any atom is 0.369 e. The Hall–Kier alpha value is -1.57. The van der Waals surface area contributed by atoms with E-state index in [1.165, 1.54) is 11.4 Å². The van der Waals surface area contributed by atoms with E-state index in [0.717, 1.165) is 12.1 Å². The molecule has 0 unspecified atom stereocenters. The van der Waals surface area contributed by atoms with Crippen molar-refractivity contribution in [1.82, 2.24) is 10.3 Å². The molecule has 0 bridgehead atoms. The van der Waals surface area contributed by atoms with Gasteiger partial charge in [-0.1, -0.05) is 6.07 Å². The fourth-order valence-electron chi connectivity index (χ4n) is 0.751. The van der Waals surface area contributed by atoms with Crippen LogP contribution in [0.15, 0.2) is 18.2 Å². The highest BCUT2D eigenvalue weighted by atomic mass is 19.1. The molecule has 0 radical (unpaired) electrons. The van der Waals surface area contributed by atoms with Gasteiger partial charge in [-0.15, -0.1) is 0 Å². The number of pyridine rings is 1. The zero-order chi connectivity index (χ0) is 10.8. The average molecular weight is 202 g/mol. The molecule has 0 aromatic carbocycles. The fraction of sp³-hybridized carbons (Fsp3) is 0.143. The van der Waals surface area contributed by atoms with Crippen molar-refractivity contribution >= 4 is 5.91 Å². The van der Waals surface area contributed by atoms with Crippen LogP contribution in [0.1, 0.15) is 10.5 Å². The number of nitrogens with one attached hydrogen (secondary N) is 1. The first-order valence-corrected chi connectivity index (χ1v) is 3.51. The number of aromatic nitrogens is 1. The first kappa shape index (κ1) is 10.5. The second-order valence-corrected chi connectivity index (χ2v) is 2.44. The Balaban J connectivity index is 2.80. The molecule has 1 amide bonds. The average Bonchev–Trinajstić information content (AvgIpc) is 2.01. The molecular weight excluding hydrogens is 195 g/mol. The van der Waals surface area contributed by atoms with Gasteiger partial charge in [0.15, 0.2) is 0 Å². The second-order valence-electron chi connectivity index (χ2n) is 2.44. The van der Waals surface area contributed by atoms with Gasteiger partial charge < -0.3 is 15.3 Å². The van der Waals surface area contributed by atoms with Gasteiger partial charge in [0.05, 0.1) is 0 Å². The fourth-order valence-corrected chi connectivity index (χ4v) is 0.751. The molecule has 0 fully saturated rings. The van der Waals surface area contributed by atoms with Crippen molar-refractivity contribution in [2.24, 2.45) is 0 Å². The van der Waals surface area contributed by atoms with Crippen LogP contribution >= 0.6 is 0 Å². The largest absolute Gasteiger partial charge is 0.369 e. The third-order valence-corrected chi connectivity index (χ3v) is 1.23. The number of halogens is 1. The van der Waals surface area contributed by atoms with Crippen molar-refractivity contribution < 1.29 is 24.5 Å². The Kier molecular flexibility index (Phi) is 2.75. The highest BCUT2D eigenvalue weighted by Gasteiger charge is 2.22. The van der Waals surface area contributed by atoms with E-state index in [0.29, 0.717) is 0 Å². The predicted molar refractivity (Wildman–Crippen MR) is 41.0 cm³/mol. The lowest BCUT2D eigenvalue weighted by molar-refractivity contribution is -0.323. The molecule has 14 heavy (non-hydrogen) atoms. The van der Waals surface area contributed by atoms with Gasteiger partial charge >= 0.3 is 6.10 Å². The quantitative estimate of drug-likeness (QED) is 0.346. The highest BCUT2D eigenvalue weighted by molar-refractivity contribution is 5.92. The summed E-state index contributed by atoms with van der Waals surface area (Å²) < 4.78 is 12.5. The summed E-state index contributed by atoms with van der Waals surface area (Å²) in [5.41, 5.74) is -0.383. The summed E-state index contributed by atoms with van der Waals surface area (Å²) >= 11 is 0. The first-order chi connectivity index (χ1) is 6.38. The van der Waals surface area contributed by atoms with Crippen molar-refractivity contribution in [3.8, 4) is 0 Å². The highest BCUT2D eigenvalue weighted by Crippen LogP contribution is 1.99. The maximum absolute atomic E-state index is 12.5. The Morgan fingerprint density at radius 1 is 1.43 bits per heavy atom. The molecule has 7 heteroatoms. The van der Waals surface area contributed by atoms with Crippen LogP contribution in [-0.2, 0) is 0 Å². The van der Waals surface area contributed by atoms with E-state index in [1.54, 1.807) is 0 Å². The summed E-state index contributed by atoms with van der Waals surface area (Å²) in [6.07, 6.45) is -3.34. The van der Waals surface area contributed by atoms with Crippen molar-refractivity contribution in [2.75, 3.05) is 0 Å². The normalized spacial score (nSPS) is 11.1. The number of rotatable bonds is 2. The van der Waals surface area contributed by atoms with Gasteiger partial charge in [0.25, 0.3) is 5.91 Å². The number of hydrogen-bond donors (Lipinski definition) is 4. The van der Waals surface area contributed by atoms with Crippen LogP contribution in [0.25, 0.3) is 0 Å². The third-order valence-electron chi connectivity index (χ3n) is 1.23. The molecule has 6 nitrogen and oxygen atoms in total. The van der Waals surface area contributed by atoms with Crippen molar-refractivity contribution in [3.05, 3.63) is 29.8 Å². The van der Waals surface area contributed by atoms with Crippen molar-refractivity contribution in [2.45, 2.75) is 6.10 Å². The number of nitrogens with zero attached hydrogens (tertiary/aromatic N) is 1. The van der Waals surface area contributed by atoms with E-state index in [1.807, 2.05) is 0 Å². The second kappa shape index (κ2) is 3.66. The molecule has 0 saturated carbocycles. The molecular formula is C7H7FN2O4. The van der Waals surface area contributed by atoms with Gasteiger partial charge in [-0.2, -0.15) is 4.39 Å². The monoisotopic (exact) mass is 202 g/mol. The molecule has 0 aliphatic carbocycles. The Morgan fingerprint density at radius 3 is 2.57 bits per heavy atom. The van der Waals surface area contributed by atoms with Gasteiger partial charge in [0.2, 0.25) is 5.95 Å². The van der Waals surface area contributed by atoms with Gasteiger partial charge in [-0.05, 0) is 12.1 Å². The van der Waals surface area contributed by atoms with E-state index in [9.17, 15) is 9.18 Å². The van der Waals surface area contributed by atoms with Crippen LogP contribution in [0.4, 0.5) is 4.39 Å². The van der Waals surface area contributed by atoms with E-state index in [2.05, 4.69) is 4.98 Å². The standard InChI is InChI=1S/C7H7FN2O4/c8-5-3-1-2-4(9-5)6(11)10-7(12,13)14/h1-3,12-14H,(H,10,11). The summed E-state index contributed by atoms with van der Waals surface area (Å²) in [5.74, 6) is -2.01. The maximum atomic E-state index is 12.5. The molecule has 1 rings (SSSR count). The number of amides is 1. The Bertz CT molecular complexity index is 350. The summed E-state index contributed by atoms with van der Waals surface area (Å²) in [6, 6.07) is 3.37. The van der Waals surface area contributed by atoms with Gasteiger partial charge in [0, 0.05) is 0 Å². The molecule has 1 aromatic rings. The lowest BCUT2D eigenvalue weighted by Crippen LogP contribution is -2.48. The van der Waals surface area contributed by atoms with E-state index < -0.39 is 18.0 Å². The van der Waals surface area contributed by atoms with Crippen molar-refractivity contribution in [3.63, 3.8) is 0 Å². The first-order valence-electron chi connectivity index (χ1n) is 3.51. The van der Waals surface area contributed by atoms with Crippen LogP contribution in [0.5, 0.6) is 0 Å². The number of carbonyl (C=O) groups is 1. The minimum Gasteiger partial charge on any atom is -0.325 e. The number of aliphatic hydroxyl groups is 3. The SMILES string of the molecule is O=C(NC(O)(O)O)c1cccc(F)n1. The molecule has 0 aliphatic heterocycles. The smallest absolute Gasteiger partial charge is 0.325 e. The molecule has 0 atom stereocenters. The molecule has 76 valence electrons. The van der Waals surface area contributed by atoms with Gasteiger partial charge in [0.1, 0.15) is 5.69 Å². The Morgan fingerprint density at radius 2 is 2.07 bits per heavy atom. The predicted octanol–water partition coefficient (Wildman–Crippen LogP) is -1.46. The van der Waals surface area contributed by atoms with Gasteiger partial charge in [-0.25, -0.2) is 4.98 Å². The van der Waals surface area contributed by atoms with E-state index >= 15 is 0 Å². The summed E-state index contributed by atoms with van der Waals surface area (Å²) in [6.45, 7) is 0. The van der Waals surface area contributed by atoms with E-state index in [4.69, 9.17) is 15.3 Å². The molecule has 1 aromatic heterocycles. The summed E-state index contributed by atoms with van der Waals surface area (Å²) in [4.78, 5) is 14.1. The molecule has 0 saturated heterocycles. The van der Waals surface area contributed by atoms with Gasteiger partial charge in [-0.3, -0.25) is 10.1 Å². The lowest BCUT2D eigenvalue weighted by atomic mass is 10.3. The van der Waals surface area contributed by atoms with Crippen LogP contribution < -0.4 is 5.32 Å². The summed E-state index contributed by atoms with van der Waals surface area (Å²) in [7, 11) is 0. The Labute approximate surface area is 77.6 Å².